The summed E-state index contributed by atoms with van der Waals surface area (Å²) in [5.41, 5.74) is 1.12. The van der Waals surface area contributed by atoms with Crippen molar-refractivity contribution in [3.63, 3.8) is 0 Å². The lowest BCUT2D eigenvalue weighted by atomic mass is 9.62. The van der Waals surface area contributed by atoms with Gasteiger partial charge in [-0.2, -0.15) is 5.26 Å². The second-order valence-electron chi connectivity index (χ2n) is 7.19. The van der Waals surface area contributed by atoms with E-state index in [4.69, 9.17) is 10.1 Å². The van der Waals surface area contributed by atoms with Crippen LogP contribution in [0.25, 0.3) is 0 Å². The number of carbonyl (C=O) groups is 1. The van der Waals surface area contributed by atoms with Gasteiger partial charge in [-0.25, -0.2) is 5.06 Å². The standard InChI is InChI=1S/C15H20B2N2O2/c1-14(2,3)13(20)19-12(8-15(16,17)21-19)11-6-4-10(9-18)5-7-11/h4-7,12H,8,16-17H2,1-3H3/t12-/m0/s1. The highest BCUT2D eigenvalue weighted by Gasteiger charge is 2.44. The van der Waals surface area contributed by atoms with E-state index in [0.717, 1.165) is 12.0 Å². The molecule has 4 nitrogen and oxygen atoms in total. The lowest BCUT2D eigenvalue weighted by Crippen LogP contribution is -2.40. The molecular weight excluding hydrogens is 262 g/mol. The lowest BCUT2D eigenvalue weighted by Gasteiger charge is -2.30. The Morgan fingerprint density at radius 3 is 2.43 bits per heavy atom. The van der Waals surface area contributed by atoms with Gasteiger partial charge in [0.25, 0.3) is 5.91 Å². The monoisotopic (exact) mass is 282 g/mol. The zero-order valence-corrected chi connectivity index (χ0v) is 13.3. The summed E-state index contributed by atoms with van der Waals surface area (Å²) in [6.07, 6.45) is 0.737. The second kappa shape index (κ2) is 5.23. The van der Waals surface area contributed by atoms with Gasteiger partial charge in [0.15, 0.2) is 0 Å². The minimum Gasteiger partial charge on any atom is -0.282 e. The molecule has 1 amide bonds. The number of amides is 1. The first kappa shape index (κ1) is 15.7. The summed E-state index contributed by atoms with van der Waals surface area (Å²) in [5, 5.41) is 10.0. The number of nitrogens with zero attached hydrogens (tertiary/aromatic N) is 2. The summed E-state index contributed by atoms with van der Waals surface area (Å²) in [6, 6.07) is 9.35. The van der Waals surface area contributed by atoms with Gasteiger partial charge in [-0.05, 0) is 24.1 Å². The van der Waals surface area contributed by atoms with Crippen LogP contribution in [0.2, 0.25) is 0 Å². The predicted molar refractivity (Wildman–Crippen MR) is 85.7 cm³/mol. The molecule has 6 heteroatoms. The summed E-state index contributed by atoms with van der Waals surface area (Å²) in [7, 11) is 3.97. The third kappa shape index (κ3) is 3.30. The molecule has 2 rings (SSSR count). The van der Waals surface area contributed by atoms with Crippen LogP contribution in [-0.2, 0) is 9.63 Å². The van der Waals surface area contributed by atoms with Crippen LogP contribution in [0.1, 0.15) is 44.4 Å². The number of benzene rings is 1. The van der Waals surface area contributed by atoms with E-state index < -0.39 is 5.41 Å². The number of carbonyl (C=O) groups excluding carboxylic acids is 1. The molecule has 21 heavy (non-hydrogen) atoms. The van der Waals surface area contributed by atoms with Crippen LogP contribution in [0.3, 0.4) is 0 Å². The average Bonchev–Trinajstić information content (AvgIpc) is 2.73. The maximum atomic E-state index is 12.6. The molecule has 1 fully saturated rings. The summed E-state index contributed by atoms with van der Waals surface area (Å²) < 4.78 is 0. The van der Waals surface area contributed by atoms with E-state index in [1.807, 2.05) is 48.6 Å². The Morgan fingerprint density at radius 2 is 1.95 bits per heavy atom. The first-order chi connectivity index (χ1) is 9.64. The van der Waals surface area contributed by atoms with Crippen molar-refractivity contribution in [1.29, 1.82) is 5.26 Å². The summed E-state index contributed by atoms with van der Waals surface area (Å²) in [4.78, 5) is 18.5. The molecule has 1 atom stereocenters. The molecule has 108 valence electrons. The number of rotatable bonds is 1. The maximum Gasteiger partial charge on any atom is 0.252 e. The zero-order chi connectivity index (χ0) is 15.8. The molecule has 1 aliphatic heterocycles. The van der Waals surface area contributed by atoms with Crippen molar-refractivity contribution >= 4 is 21.6 Å². The van der Waals surface area contributed by atoms with E-state index in [0.29, 0.717) is 5.56 Å². The minimum absolute atomic E-state index is 0.0255. The zero-order valence-electron chi connectivity index (χ0n) is 13.3. The van der Waals surface area contributed by atoms with Crippen molar-refractivity contribution in [2.45, 2.75) is 38.6 Å². The fraction of sp³-hybridized carbons (Fsp3) is 0.467. The molecule has 0 saturated carbocycles. The van der Waals surface area contributed by atoms with E-state index in [1.54, 1.807) is 12.1 Å². The van der Waals surface area contributed by atoms with Crippen LogP contribution in [0.5, 0.6) is 0 Å². The molecule has 0 bridgehead atoms. The highest BCUT2D eigenvalue weighted by Crippen LogP contribution is 2.39. The Kier molecular flexibility index (Phi) is 3.90. The van der Waals surface area contributed by atoms with Crippen molar-refractivity contribution in [3.8, 4) is 6.07 Å². The topological polar surface area (TPSA) is 53.3 Å². The molecule has 1 aliphatic rings. The van der Waals surface area contributed by atoms with Gasteiger partial charge < -0.3 is 0 Å². The largest absolute Gasteiger partial charge is 0.282 e. The SMILES string of the molecule is BC1(B)C[C@@H](c2ccc(C#N)cc2)N(C(=O)C(C)(C)C)O1. The van der Waals surface area contributed by atoms with Crippen LogP contribution >= 0.6 is 0 Å². The van der Waals surface area contributed by atoms with Crippen molar-refractivity contribution in [2.24, 2.45) is 5.41 Å². The summed E-state index contributed by atoms with van der Waals surface area (Å²) >= 11 is 0. The number of hydroxylamine groups is 2. The van der Waals surface area contributed by atoms with Crippen LogP contribution in [0, 0.1) is 16.7 Å². The smallest absolute Gasteiger partial charge is 0.252 e. The fourth-order valence-corrected chi connectivity index (χ4v) is 2.46. The Labute approximate surface area is 127 Å². The Morgan fingerprint density at radius 1 is 1.38 bits per heavy atom. The third-order valence-corrected chi connectivity index (χ3v) is 3.58. The Bertz CT molecular complexity index is 585. The molecule has 0 unspecified atom stereocenters. The van der Waals surface area contributed by atoms with Gasteiger partial charge in [0.2, 0.25) is 0 Å². The molecule has 1 saturated heterocycles. The van der Waals surface area contributed by atoms with E-state index >= 15 is 0 Å². The van der Waals surface area contributed by atoms with Crippen LogP contribution in [-0.4, -0.2) is 32.1 Å². The number of nitriles is 1. The molecule has 1 heterocycles. The van der Waals surface area contributed by atoms with Gasteiger partial charge in [-0.15, -0.1) is 0 Å². The fourth-order valence-electron chi connectivity index (χ4n) is 2.46. The normalized spacial score (nSPS) is 21.0. The van der Waals surface area contributed by atoms with E-state index in [1.165, 1.54) is 5.06 Å². The lowest BCUT2D eigenvalue weighted by molar-refractivity contribution is -0.194. The highest BCUT2D eigenvalue weighted by atomic mass is 16.7. The van der Waals surface area contributed by atoms with Gasteiger partial charge in [0.05, 0.1) is 17.7 Å². The van der Waals surface area contributed by atoms with Gasteiger partial charge >= 0.3 is 0 Å². The Hall–Kier alpha value is -1.73. The van der Waals surface area contributed by atoms with E-state index in [-0.39, 0.29) is 17.3 Å². The van der Waals surface area contributed by atoms with Gasteiger partial charge in [-0.3, -0.25) is 9.63 Å². The van der Waals surface area contributed by atoms with Gasteiger partial charge in [-0.1, -0.05) is 32.9 Å². The molecule has 1 aromatic rings. The van der Waals surface area contributed by atoms with E-state index in [2.05, 4.69) is 6.07 Å². The predicted octanol–water partition coefficient (Wildman–Crippen LogP) is 0.729. The Balaban J connectivity index is 2.34. The van der Waals surface area contributed by atoms with Gasteiger partial charge in [0, 0.05) is 10.8 Å². The number of hydrogen-bond donors (Lipinski definition) is 0. The first-order valence-electron chi connectivity index (χ1n) is 7.17. The summed E-state index contributed by atoms with van der Waals surface area (Å²) in [5.74, 6) is -0.0255. The quantitative estimate of drug-likeness (QED) is 0.713. The van der Waals surface area contributed by atoms with E-state index in [9.17, 15) is 4.79 Å². The maximum absolute atomic E-state index is 12.6. The van der Waals surface area contributed by atoms with Crippen molar-refractivity contribution in [1.82, 2.24) is 5.06 Å². The molecule has 0 aliphatic carbocycles. The first-order valence-corrected chi connectivity index (χ1v) is 7.17. The third-order valence-electron chi connectivity index (χ3n) is 3.58. The van der Waals surface area contributed by atoms with Gasteiger partial charge in [0.1, 0.15) is 15.7 Å². The summed E-state index contributed by atoms with van der Waals surface area (Å²) in [6.45, 7) is 5.67. The van der Waals surface area contributed by atoms with Crippen LogP contribution in [0.15, 0.2) is 24.3 Å². The van der Waals surface area contributed by atoms with Crippen molar-refractivity contribution in [2.75, 3.05) is 0 Å². The van der Waals surface area contributed by atoms with Crippen LogP contribution in [0.4, 0.5) is 0 Å². The number of hydrogen-bond acceptors (Lipinski definition) is 3. The average molecular weight is 282 g/mol. The molecule has 0 spiro atoms. The molecule has 0 aromatic heterocycles. The molecule has 0 N–H and O–H groups in total. The van der Waals surface area contributed by atoms with Crippen LogP contribution < -0.4 is 0 Å². The van der Waals surface area contributed by atoms with Crippen molar-refractivity contribution in [3.05, 3.63) is 35.4 Å². The molecule has 0 radical (unpaired) electrons. The second-order valence-corrected chi connectivity index (χ2v) is 7.19. The highest BCUT2D eigenvalue weighted by molar-refractivity contribution is 6.39. The molecular formula is C15H20B2N2O2. The molecule has 1 aromatic carbocycles. The van der Waals surface area contributed by atoms with Crippen molar-refractivity contribution < 1.29 is 9.63 Å². The minimum atomic E-state index is -0.495.